The highest BCUT2D eigenvalue weighted by Gasteiger charge is 2.12. The zero-order chi connectivity index (χ0) is 8.23. The Hall–Kier alpha value is -0.810. The van der Waals surface area contributed by atoms with E-state index in [4.69, 9.17) is 4.74 Å². The van der Waals surface area contributed by atoms with Gasteiger partial charge in [0.2, 0.25) is 5.96 Å². The van der Waals surface area contributed by atoms with Crippen molar-refractivity contribution in [2.24, 2.45) is 4.99 Å². The summed E-state index contributed by atoms with van der Waals surface area (Å²) in [6.45, 7) is 5.31. The van der Waals surface area contributed by atoms with Gasteiger partial charge in [0, 0.05) is 19.6 Å². The minimum absolute atomic E-state index is 0.806. The molecule has 1 fully saturated rings. The van der Waals surface area contributed by atoms with E-state index in [1.165, 1.54) is 0 Å². The van der Waals surface area contributed by atoms with Crippen molar-refractivity contribution in [3.8, 4) is 0 Å². The number of aliphatic imine (C=N–C) groups is 1. The zero-order valence-electron chi connectivity index (χ0n) is 7.05. The van der Waals surface area contributed by atoms with Gasteiger partial charge in [-0.2, -0.15) is 0 Å². The van der Waals surface area contributed by atoms with Gasteiger partial charge in [0.15, 0.2) is 0 Å². The van der Waals surface area contributed by atoms with Crippen LogP contribution in [0.3, 0.4) is 0 Å². The largest absolute Gasteiger partial charge is 0.379 e. The van der Waals surface area contributed by atoms with E-state index in [-0.39, 0.29) is 0 Å². The van der Waals surface area contributed by atoms with Crippen molar-refractivity contribution >= 4 is 5.96 Å². The number of nitrogens with zero attached hydrogens (tertiary/aromatic N) is 2. The van der Waals surface area contributed by atoms with Crippen molar-refractivity contribution in [1.29, 1.82) is 0 Å². The average Bonchev–Trinajstić information content (AvgIpc) is 2.59. The van der Waals surface area contributed by atoms with Crippen molar-refractivity contribution in [2.45, 2.75) is 0 Å². The standard InChI is InChI=1S/C7H14N4O/c1-2-9-7(8-1)10-11-3-5-12-6-4-11/h1-6H2,(H2,8,9,10). The zero-order valence-corrected chi connectivity index (χ0v) is 7.05. The molecule has 0 unspecified atom stereocenters. The fourth-order valence-corrected chi connectivity index (χ4v) is 1.30. The molecule has 2 aliphatic heterocycles. The minimum atomic E-state index is 0.806. The molecule has 2 aliphatic rings. The number of ether oxygens (including phenoxy) is 1. The molecule has 0 atom stereocenters. The summed E-state index contributed by atoms with van der Waals surface area (Å²) in [4.78, 5) is 4.24. The number of hydrazine groups is 1. The fourth-order valence-electron chi connectivity index (χ4n) is 1.30. The van der Waals surface area contributed by atoms with E-state index in [1.54, 1.807) is 0 Å². The molecule has 0 aliphatic carbocycles. The first-order valence-corrected chi connectivity index (χ1v) is 4.33. The molecule has 2 rings (SSSR count). The highest BCUT2D eigenvalue weighted by Crippen LogP contribution is 1.93. The second-order valence-corrected chi connectivity index (χ2v) is 2.87. The van der Waals surface area contributed by atoms with Gasteiger partial charge in [0.25, 0.3) is 0 Å². The Balaban J connectivity index is 1.77. The van der Waals surface area contributed by atoms with E-state index in [2.05, 4.69) is 20.7 Å². The predicted octanol–water partition coefficient (Wildman–Crippen LogP) is -1.22. The fraction of sp³-hybridized carbons (Fsp3) is 0.857. The Labute approximate surface area is 71.8 Å². The summed E-state index contributed by atoms with van der Waals surface area (Å²) < 4.78 is 5.22. The van der Waals surface area contributed by atoms with E-state index < -0.39 is 0 Å². The first kappa shape index (κ1) is 7.82. The maximum atomic E-state index is 5.22. The number of hydrogen-bond donors (Lipinski definition) is 2. The smallest absolute Gasteiger partial charge is 0.206 e. The molecule has 5 nitrogen and oxygen atoms in total. The summed E-state index contributed by atoms with van der Waals surface area (Å²) in [5.41, 5.74) is 3.21. The number of hydrogen-bond acceptors (Lipinski definition) is 5. The predicted molar refractivity (Wildman–Crippen MR) is 45.8 cm³/mol. The molecule has 2 heterocycles. The SMILES string of the molecule is C1CNC(NN2CCOCC2)=N1. The van der Waals surface area contributed by atoms with Gasteiger partial charge < -0.3 is 10.1 Å². The van der Waals surface area contributed by atoms with Crippen LogP contribution in [0.5, 0.6) is 0 Å². The van der Waals surface area contributed by atoms with Crippen LogP contribution in [0.4, 0.5) is 0 Å². The molecule has 2 N–H and O–H groups in total. The van der Waals surface area contributed by atoms with E-state index in [1.807, 2.05) is 0 Å². The van der Waals surface area contributed by atoms with E-state index in [9.17, 15) is 0 Å². The average molecular weight is 170 g/mol. The van der Waals surface area contributed by atoms with E-state index in [0.29, 0.717) is 0 Å². The molecule has 0 spiro atoms. The highest BCUT2D eigenvalue weighted by molar-refractivity contribution is 5.80. The van der Waals surface area contributed by atoms with Crippen LogP contribution in [0.2, 0.25) is 0 Å². The molecule has 1 saturated heterocycles. The summed E-state index contributed by atoms with van der Waals surface area (Å²) in [5, 5.41) is 5.29. The number of guanidine groups is 1. The van der Waals surface area contributed by atoms with Gasteiger partial charge in [-0.25, -0.2) is 5.01 Å². The lowest BCUT2D eigenvalue weighted by Crippen LogP contribution is -2.51. The molecule has 0 saturated carbocycles. The van der Waals surface area contributed by atoms with Crippen LogP contribution < -0.4 is 10.7 Å². The lowest BCUT2D eigenvalue weighted by atomic mass is 10.5. The molecular weight excluding hydrogens is 156 g/mol. The van der Waals surface area contributed by atoms with Gasteiger partial charge >= 0.3 is 0 Å². The third-order valence-electron chi connectivity index (χ3n) is 1.95. The summed E-state index contributed by atoms with van der Waals surface area (Å²) in [6.07, 6.45) is 0. The maximum absolute atomic E-state index is 5.22. The second-order valence-electron chi connectivity index (χ2n) is 2.87. The lowest BCUT2D eigenvalue weighted by Gasteiger charge is -2.27. The molecule has 0 amide bonds. The molecule has 0 aromatic rings. The molecule has 0 radical (unpaired) electrons. The Morgan fingerprint density at radius 1 is 1.42 bits per heavy atom. The third-order valence-corrected chi connectivity index (χ3v) is 1.95. The highest BCUT2D eigenvalue weighted by atomic mass is 16.5. The molecule has 0 aromatic heterocycles. The number of morpholine rings is 1. The Morgan fingerprint density at radius 2 is 2.25 bits per heavy atom. The molecule has 12 heavy (non-hydrogen) atoms. The quantitative estimate of drug-likeness (QED) is 0.518. The van der Waals surface area contributed by atoms with Gasteiger partial charge in [0.1, 0.15) is 0 Å². The van der Waals surface area contributed by atoms with Crippen molar-refractivity contribution < 1.29 is 4.74 Å². The van der Waals surface area contributed by atoms with Crippen molar-refractivity contribution in [3.63, 3.8) is 0 Å². The van der Waals surface area contributed by atoms with Crippen LogP contribution in [-0.2, 0) is 4.74 Å². The van der Waals surface area contributed by atoms with Gasteiger partial charge in [-0.3, -0.25) is 10.4 Å². The normalized spacial score (nSPS) is 24.8. The van der Waals surface area contributed by atoms with Crippen molar-refractivity contribution in [3.05, 3.63) is 0 Å². The number of rotatable bonds is 1. The van der Waals surface area contributed by atoms with Gasteiger partial charge in [-0.15, -0.1) is 0 Å². The monoisotopic (exact) mass is 170 g/mol. The third kappa shape index (κ3) is 1.86. The minimum Gasteiger partial charge on any atom is -0.379 e. The van der Waals surface area contributed by atoms with Gasteiger partial charge in [-0.1, -0.05) is 0 Å². The molecule has 0 aromatic carbocycles. The Kier molecular flexibility index (Phi) is 2.43. The van der Waals surface area contributed by atoms with Crippen molar-refractivity contribution in [1.82, 2.24) is 15.8 Å². The molecule has 0 bridgehead atoms. The van der Waals surface area contributed by atoms with E-state index >= 15 is 0 Å². The number of nitrogens with one attached hydrogen (secondary N) is 2. The molecule has 5 heteroatoms. The Bertz CT molecular complexity index is 176. The van der Waals surface area contributed by atoms with Crippen LogP contribution in [0.25, 0.3) is 0 Å². The molecule has 68 valence electrons. The lowest BCUT2D eigenvalue weighted by molar-refractivity contribution is 0.0244. The summed E-state index contributed by atoms with van der Waals surface area (Å²) >= 11 is 0. The van der Waals surface area contributed by atoms with Crippen LogP contribution in [0.1, 0.15) is 0 Å². The molecular formula is C7H14N4O. The summed E-state index contributed by atoms with van der Waals surface area (Å²) in [5.74, 6) is 0.900. The summed E-state index contributed by atoms with van der Waals surface area (Å²) in [6, 6.07) is 0. The van der Waals surface area contributed by atoms with Gasteiger partial charge in [-0.05, 0) is 0 Å². The van der Waals surface area contributed by atoms with Crippen molar-refractivity contribution in [2.75, 3.05) is 39.4 Å². The van der Waals surface area contributed by atoms with Crippen LogP contribution in [0, 0.1) is 0 Å². The van der Waals surface area contributed by atoms with Gasteiger partial charge in [0.05, 0.1) is 19.8 Å². The topological polar surface area (TPSA) is 48.9 Å². The first-order chi connectivity index (χ1) is 5.95. The van der Waals surface area contributed by atoms with E-state index in [0.717, 1.165) is 45.4 Å². The second kappa shape index (κ2) is 3.73. The van der Waals surface area contributed by atoms with Crippen LogP contribution in [0.15, 0.2) is 4.99 Å². The first-order valence-electron chi connectivity index (χ1n) is 4.33. The maximum Gasteiger partial charge on any atom is 0.206 e. The van der Waals surface area contributed by atoms with Crippen LogP contribution >= 0.6 is 0 Å². The summed E-state index contributed by atoms with van der Waals surface area (Å²) in [7, 11) is 0. The van der Waals surface area contributed by atoms with Crippen LogP contribution in [-0.4, -0.2) is 50.4 Å². The Morgan fingerprint density at radius 3 is 2.92 bits per heavy atom.